The number of benzene rings is 3. The van der Waals surface area contributed by atoms with E-state index in [4.69, 9.17) is 10.5 Å². The van der Waals surface area contributed by atoms with Gasteiger partial charge in [-0.15, -0.1) is 0 Å². The van der Waals surface area contributed by atoms with Crippen molar-refractivity contribution in [3.05, 3.63) is 71.8 Å². The molecule has 4 nitrogen and oxygen atoms in total. The number of fused-ring (bicyclic) bond motifs is 1. The Labute approximate surface area is 134 Å². The van der Waals surface area contributed by atoms with Gasteiger partial charge >= 0.3 is 0 Å². The molecule has 114 valence electrons. The number of rotatable bonds is 4. The summed E-state index contributed by atoms with van der Waals surface area (Å²) in [6.07, 6.45) is 1.71. The van der Waals surface area contributed by atoms with Gasteiger partial charge in [0.25, 0.3) is 5.91 Å². The second-order valence-corrected chi connectivity index (χ2v) is 5.04. The van der Waals surface area contributed by atoms with E-state index in [1.165, 1.54) is 0 Å². The van der Waals surface area contributed by atoms with Crippen molar-refractivity contribution < 1.29 is 9.53 Å². The van der Waals surface area contributed by atoms with Gasteiger partial charge < -0.3 is 10.5 Å². The lowest BCUT2D eigenvalue weighted by Crippen LogP contribution is -2.10. The summed E-state index contributed by atoms with van der Waals surface area (Å²) in [6, 6.07) is 18.9. The molecule has 0 aliphatic heterocycles. The van der Waals surface area contributed by atoms with Crippen LogP contribution in [0.5, 0.6) is 5.75 Å². The number of nitrogens with two attached hydrogens (primary N) is 1. The summed E-state index contributed by atoms with van der Waals surface area (Å²) >= 11 is 0. The Hall–Kier alpha value is -3.14. The highest BCUT2D eigenvalue weighted by molar-refractivity contribution is 6.04. The van der Waals surface area contributed by atoms with Crippen molar-refractivity contribution in [1.29, 1.82) is 0 Å². The lowest BCUT2D eigenvalue weighted by Gasteiger charge is -2.08. The highest BCUT2D eigenvalue weighted by Gasteiger charge is 2.08. The molecule has 4 heteroatoms. The van der Waals surface area contributed by atoms with Gasteiger partial charge in [-0.2, -0.15) is 0 Å². The Kier molecular flexibility index (Phi) is 4.06. The van der Waals surface area contributed by atoms with Crippen LogP contribution in [-0.2, 0) is 0 Å². The molecule has 23 heavy (non-hydrogen) atoms. The molecule has 3 aromatic rings. The summed E-state index contributed by atoms with van der Waals surface area (Å²) in [5.74, 6) is 0.228. The maximum atomic E-state index is 11.5. The number of primary amides is 1. The van der Waals surface area contributed by atoms with Gasteiger partial charge in [-0.05, 0) is 29.0 Å². The van der Waals surface area contributed by atoms with Crippen molar-refractivity contribution in [2.45, 2.75) is 0 Å². The second kappa shape index (κ2) is 6.32. The fraction of sp³-hybridized carbons (Fsp3) is 0.0526. The van der Waals surface area contributed by atoms with Gasteiger partial charge in [0, 0.05) is 11.8 Å². The maximum absolute atomic E-state index is 11.5. The molecule has 0 aliphatic rings. The molecule has 0 aliphatic carbocycles. The fourth-order valence-corrected chi connectivity index (χ4v) is 2.52. The molecule has 1 amide bonds. The smallest absolute Gasteiger partial charge is 0.250 e. The molecular weight excluding hydrogens is 288 g/mol. The van der Waals surface area contributed by atoms with Crippen molar-refractivity contribution in [3.63, 3.8) is 0 Å². The van der Waals surface area contributed by atoms with E-state index in [-0.39, 0.29) is 0 Å². The SMILES string of the molecule is COc1ccc2ccccc2c1C=Nc1ccccc1C(N)=O. The van der Waals surface area contributed by atoms with E-state index in [9.17, 15) is 4.79 Å². The van der Waals surface area contributed by atoms with Crippen LogP contribution in [0.1, 0.15) is 15.9 Å². The minimum Gasteiger partial charge on any atom is -0.496 e. The van der Waals surface area contributed by atoms with E-state index < -0.39 is 5.91 Å². The first-order chi connectivity index (χ1) is 11.2. The molecule has 3 aromatic carbocycles. The molecule has 0 spiro atoms. The monoisotopic (exact) mass is 304 g/mol. The van der Waals surface area contributed by atoms with E-state index >= 15 is 0 Å². The Morgan fingerprint density at radius 2 is 1.78 bits per heavy atom. The predicted molar refractivity (Wildman–Crippen MR) is 92.7 cm³/mol. The molecule has 2 N–H and O–H groups in total. The number of aliphatic imine (C=N–C) groups is 1. The van der Waals surface area contributed by atoms with E-state index in [2.05, 4.69) is 4.99 Å². The Morgan fingerprint density at radius 3 is 2.57 bits per heavy atom. The van der Waals surface area contributed by atoms with E-state index in [1.54, 1.807) is 31.5 Å². The molecule has 0 atom stereocenters. The third kappa shape index (κ3) is 2.92. The number of carbonyl (C=O) groups excluding carboxylic acids is 1. The minimum absolute atomic E-state index is 0.392. The summed E-state index contributed by atoms with van der Waals surface area (Å²) in [7, 11) is 1.62. The summed E-state index contributed by atoms with van der Waals surface area (Å²) in [4.78, 5) is 15.9. The van der Waals surface area contributed by atoms with Crippen molar-refractivity contribution >= 4 is 28.6 Å². The van der Waals surface area contributed by atoms with Crippen LogP contribution in [0.4, 0.5) is 5.69 Å². The predicted octanol–water partition coefficient (Wildman–Crippen LogP) is 3.70. The lowest BCUT2D eigenvalue weighted by atomic mass is 10.0. The molecular formula is C19H16N2O2. The Morgan fingerprint density at radius 1 is 1.04 bits per heavy atom. The van der Waals surface area contributed by atoms with Crippen LogP contribution in [0.15, 0.2) is 65.7 Å². The molecule has 0 unspecified atom stereocenters. The highest BCUT2D eigenvalue weighted by atomic mass is 16.5. The summed E-state index contributed by atoms with van der Waals surface area (Å²) < 4.78 is 5.44. The second-order valence-electron chi connectivity index (χ2n) is 5.04. The Bertz CT molecular complexity index is 901. The van der Waals surface area contributed by atoms with Crippen molar-refractivity contribution in [2.24, 2.45) is 10.7 Å². The number of nitrogens with zero attached hydrogens (tertiary/aromatic N) is 1. The number of carbonyl (C=O) groups is 1. The first-order valence-corrected chi connectivity index (χ1v) is 7.19. The molecule has 0 heterocycles. The standard InChI is InChI=1S/C19H16N2O2/c1-23-18-11-10-13-6-2-3-7-14(13)16(18)12-21-17-9-5-4-8-15(17)19(20)22/h2-12H,1H3,(H2,20,22). The molecule has 0 bridgehead atoms. The van der Waals surface area contributed by atoms with Crippen LogP contribution in [0.2, 0.25) is 0 Å². The zero-order chi connectivity index (χ0) is 16.2. The molecule has 0 saturated heterocycles. The average Bonchev–Trinajstić information content (AvgIpc) is 2.59. The lowest BCUT2D eigenvalue weighted by molar-refractivity contribution is 0.100. The largest absolute Gasteiger partial charge is 0.496 e. The van der Waals surface area contributed by atoms with Crippen molar-refractivity contribution in [2.75, 3.05) is 7.11 Å². The van der Waals surface area contributed by atoms with E-state index in [0.717, 1.165) is 22.1 Å². The molecule has 0 radical (unpaired) electrons. The summed E-state index contributed by atoms with van der Waals surface area (Å²) in [5.41, 5.74) is 7.19. The molecule has 0 saturated carbocycles. The Balaban J connectivity index is 2.13. The third-order valence-corrected chi connectivity index (χ3v) is 3.65. The van der Waals surface area contributed by atoms with Gasteiger partial charge in [-0.3, -0.25) is 9.79 Å². The van der Waals surface area contributed by atoms with Gasteiger partial charge in [0.2, 0.25) is 0 Å². The van der Waals surface area contributed by atoms with Crippen LogP contribution in [0.25, 0.3) is 10.8 Å². The summed E-state index contributed by atoms with van der Waals surface area (Å²) in [6.45, 7) is 0. The van der Waals surface area contributed by atoms with E-state index in [1.807, 2.05) is 42.5 Å². The zero-order valence-corrected chi connectivity index (χ0v) is 12.7. The van der Waals surface area contributed by atoms with Gasteiger partial charge in [-0.1, -0.05) is 42.5 Å². The number of para-hydroxylation sites is 1. The van der Waals surface area contributed by atoms with Gasteiger partial charge in [0.05, 0.1) is 18.4 Å². The van der Waals surface area contributed by atoms with E-state index in [0.29, 0.717) is 11.3 Å². The van der Waals surface area contributed by atoms with Gasteiger partial charge in [0.15, 0.2) is 0 Å². The molecule has 3 rings (SSSR count). The quantitative estimate of drug-likeness (QED) is 0.747. The summed E-state index contributed by atoms with van der Waals surface area (Å²) in [5, 5.41) is 2.13. The molecule has 0 aromatic heterocycles. The van der Waals surface area contributed by atoms with Crippen molar-refractivity contribution in [3.8, 4) is 5.75 Å². The number of hydrogen-bond donors (Lipinski definition) is 1. The number of ether oxygens (including phenoxy) is 1. The first kappa shape index (κ1) is 14.8. The zero-order valence-electron chi connectivity index (χ0n) is 12.7. The fourth-order valence-electron chi connectivity index (χ4n) is 2.52. The first-order valence-electron chi connectivity index (χ1n) is 7.19. The maximum Gasteiger partial charge on any atom is 0.250 e. The van der Waals surface area contributed by atoms with Crippen LogP contribution >= 0.6 is 0 Å². The normalized spacial score (nSPS) is 11.0. The van der Waals surface area contributed by atoms with Crippen LogP contribution < -0.4 is 10.5 Å². The van der Waals surface area contributed by atoms with Crippen LogP contribution in [0, 0.1) is 0 Å². The number of hydrogen-bond acceptors (Lipinski definition) is 3. The highest BCUT2D eigenvalue weighted by Crippen LogP contribution is 2.27. The van der Waals surface area contributed by atoms with Crippen LogP contribution in [0.3, 0.4) is 0 Å². The third-order valence-electron chi connectivity index (χ3n) is 3.65. The average molecular weight is 304 g/mol. The topological polar surface area (TPSA) is 64.7 Å². The van der Waals surface area contributed by atoms with Gasteiger partial charge in [-0.25, -0.2) is 0 Å². The van der Waals surface area contributed by atoms with Crippen LogP contribution in [-0.4, -0.2) is 19.2 Å². The number of amides is 1. The van der Waals surface area contributed by atoms with Crippen molar-refractivity contribution in [1.82, 2.24) is 0 Å². The molecule has 0 fully saturated rings. The minimum atomic E-state index is -0.498. The van der Waals surface area contributed by atoms with Gasteiger partial charge in [0.1, 0.15) is 5.75 Å². The number of methoxy groups -OCH3 is 1.